The standard InChI is InChI=1S/C59H84O11P2/c1-42(26-18-28-44(3)30-20-32-46(5)34-22-36-48(7)38-65-71(14,63)67-40-55(60)57-51(10)50(9)54(13)69-57)24-16-17-25-43(2)27-19-29-45(4)31-21-33-47(6)35-23-37-49(8)39-66-72(15,64)68-41-56(61)58-52(11)53(12)59(62)70-58/h16-21,24-33,36-37,55-58,60-61H,13,22-23,34-35,38-41H2,1-12,14-15H3/b17-16+,26-18+,27-19+,30-20+,31-21+,42-24+,43-25+,44-28+,45-29+,46-32+,47-33+,48-36+,49-37+/t55-,56-,57+,58-,71?,72?/m1/s1. The van der Waals surface area contributed by atoms with Crippen molar-refractivity contribution in [3.05, 3.63) is 189 Å². The number of aliphatic hydroxyl groups excluding tert-OH is 2. The zero-order valence-corrected chi connectivity index (χ0v) is 47.3. The zero-order valence-electron chi connectivity index (χ0n) is 45.5. The summed E-state index contributed by atoms with van der Waals surface area (Å²) in [6.45, 7) is 30.0. The lowest BCUT2D eigenvalue weighted by atomic mass is 10.0. The monoisotopic (exact) mass is 1030 g/mol. The van der Waals surface area contributed by atoms with Crippen molar-refractivity contribution in [3.63, 3.8) is 0 Å². The Hall–Kier alpha value is -4.67. The quantitative estimate of drug-likeness (QED) is 0.0307. The van der Waals surface area contributed by atoms with Gasteiger partial charge in [-0.15, -0.1) is 0 Å². The van der Waals surface area contributed by atoms with E-state index in [9.17, 15) is 24.1 Å². The molecule has 0 saturated heterocycles. The number of carbonyl (C=O) groups excluding carboxylic acids is 1. The number of rotatable bonds is 30. The maximum atomic E-state index is 12.8. The minimum Gasteiger partial charge on any atom is -0.484 e. The maximum absolute atomic E-state index is 12.8. The van der Waals surface area contributed by atoms with Crippen molar-refractivity contribution in [1.82, 2.24) is 0 Å². The van der Waals surface area contributed by atoms with Crippen LogP contribution in [0.5, 0.6) is 0 Å². The van der Waals surface area contributed by atoms with E-state index in [0.29, 0.717) is 16.9 Å². The van der Waals surface area contributed by atoms with E-state index < -0.39 is 45.6 Å². The SMILES string of the molecule is C=C1O[C@H]([C@H](O)COP(C)(=O)OC/C(C)=C/CC/C(C)=C/C=C/C(C)=C/C=C/C(C)=C/C=C/C=C(C)/C=C/C=C(C)/C=C/C=C(\C)CC/C=C(\C)COP(C)(=O)OC[C@@H](O)[C@@H]2OC(=O)C(C)=C2C)C(C)=C1C. The van der Waals surface area contributed by atoms with Crippen LogP contribution >= 0.6 is 15.2 Å². The second-order valence-electron chi connectivity index (χ2n) is 18.9. The van der Waals surface area contributed by atoms with E-state index in [4.69, 9.17) is 27.6 Å². The molecule has 0 radical (unpaired) electrons. The first-order valence-corrected chi connectivity index (χ1v) is 28.5. The molecule has 0 fully saturated rings. The van der Waals surface area contributed by atoms with Gasteiger partial charge in [0.1, 0.15) is 24.1 Å². The number of aliphatic hydroxyl groups is 2. The molecule has 11 nitrogen and oxygen atoms in total. The summed E-state index contributed by atoms with van der Waals surface area (Å²) in [5, 5.41) is 20.9. The first-order chi connectivity index (χ1) is 33.8. The van der Waals surface area contributed by atoms with Gasteiger partial charge in [0.15, 0.2) is 6.10 Å². The highest BCUT2D eigenvalue weighted by molar-refractivity contribution is 7.53. The van der Waals surface area contributed by atoms with E-state index >= 15 is 0 Å². The lowest BCUT2D eigenvalue weighted by Gasteiger charge is -2.22. The Bertz CT molecular complexity index is 2290. The van der Waals surface area contributed by atoms with Crippen LogP contribution in [-0.2, 0) is 41.5 Å². The third kappa shape index (κ3) is 25.8. The number of ether oxygens (including phenoxy) is 2. The third-order valence-electron chi connectivity index (χ3n) is 11.8. The zero-order chi connectivity index (χ0) is 54.0. The lowest BCUT2D eigenvalue weighted by molar-refractivity contribution is -0.144. The van der Waals surface area contributed by atoms with E-state index in [1.807, 2.05) is 45.9 Å². The Balaban J connectivity index is 1.69. The molecular weight excluding hydrogens is 947 g/mol. The fourth-order valence-corrected chi connectivity index (χ4v) is 8.59. The minimum atomic E-state index is -3.43. The first-order valence-electron chi connectivity index (χ1n) is 24.5. The van der Waals surface area contributed by atoms with Crippen molar-refractivity contribution in [1.29, 1.82) is 0 Å². The van der Waals surface area contributed by atoms with Crippen molar-refractivity contribution < 1.29 is 51.7 Å². The number of esters is 1. The molecule has 2 N–H and O–H groups in total. The normalized spacial score (nSPS) is 21.4. The van der Waals surface area contributed by atoms with Gasteiger partial charge in [-0.3, -0.25) is 9.13 Å². The predicted molar refractivity (Wildman–Crippen MR) is 298 cm³/mol. The number of hydrogen-bond donors (Lipinski definition) is 2. The second-order valence-corrected chi connectivity index (χ2v) is 23.0. The molecule has 0 amide bonds. The minimum absolute atomic E-state index is 0.146. The van der Waals surface area contributed by atoms with Gasteiger partial charge in [0, 0.05) is 18.9 Å². The van der Waals surface area contributed by atoms with Gasteiger partial charge in [0.05, 0.1) is 26.4 Å². The molecule has 0 saturated carbocycles. The van der Waals surface area contributed by atoms with Crippen LogP contribution in [0.4, 0.5) is 0 Å². The average molecular weight is 1030 g/mol. The van der Waals surface area contributed by atoms with Crippen LogP contribution < -0.4 is 0 Å². The molecule has 0 aliphatic carbocycles. The molecular formula is C59H84O11P2. The molecule has 0 spiro atoms. The second kappa shape index (κ2) is 32.5. The average Bonchev–Trinajstić information content (AvgIpc) is 3.73. The van der Waals surface area contributed by atoms with Crippen LogP contribution in [0.3, 0.4) is 0 Å². The van der Waals surface area contributed by atoms with Crippen LogP contribution in [0.25, 0.3) is 0 Å². The topological polar surface area (TPSA) is 147 Å². The predicted octanol–water partition coefficient (Wildman–Crippen LogP) is 14.8. The number of hydrogen-bond acceptors (Lipinski definition) is 11. The van der Waals surface area contributed by atoms with Crippen LogP contribution in [0.2, 0.25) is 0 Å². The highest BCUT2D eigenvalue weighted by Crippen LogP contribution is 2.46. The van der Waals surface area contributed by atoms with Gasteiger partial charge in [-0.2, -0.15) is 0 Å². The van der Waals surface area contributed by atoms with E-state index in [2.05, 4.69) is 139 Å². The molecule has 0 aromatic rings. The van der Waals surface area contributed by atoms with Crippen LogP contribution in [0.15, 0.2) is 189 Å². The Morgan fingerprint density at radius 2 is 0.889 bits per heavy atom. The molecule has 13 heteroatoms. The highest BCUT2D eigenvalue weighted by atomic mass is 31.2. The summed E-state index contributed by atoms with van der Waals surface area (Å²) in [4.78, 5) is 11.7. The van der Waals surface area contributed by atoms with Crippen LogP contribution in [0, 0.1) is 0 Å². The summed E-state index contributed by atoms with van der Waals surface area (Å²) in [5.74, 6) is 0.0655. The Morgan fingerprint density at radius 1 is 0.542 bits per heavy atom. The molecule has 396 valence electrons. The van der Waals surface area contributed by atoms with Gasteiger partial charge in [0.2, 0.25) is 0 Å². The summed E-state index contributed by atoms with van der Waals surface area (Å²) in [7, 11) is -6.79. The summed E-state index contributed by atoms with van der Waals surface area (Å²) >= 11 is 0. The Morgan fingerprint density at radius 3 is 1.24 bits per heavy atom. The first kappa shape index (κ1) is 63.4. The van der Waals surface area contributed by atoms with Gasteiger partial charge in [-0.1, -0.05) is 161 Å². The number of carbonyl (C=O) groups is 1. The Labute approximate surface area is 432 Å². The fourth-order valence-electron chi connectivity index (χ4n) is 6.72. The summed E-state index contributed by atoms with van der Waals surface area (Å²) < 4.78 is 58.4. The van der Waals surface area contributed by atoms with E-state index in [1.165, 1.54) is 24.5 Å². The molecule has 2 aliphatic rings. The molecule has 2 unspecified atom stereocenters. The van der Waals surface area contributed by atoms with Crippen molar-refractivity contribution in [2.24, 2.45) is 0 Å². The van der Waals surface area contributed by atoms with Crippen molar-refractivity contribution in [2.75, 3.05) is 39.8 Å². The summed E-state index contributed by atoms with van der Waals surface area (Å²) in [6, 6.07) is 0. The van der Waals surface area contributed by atoms with E-state index in [1.54, 1.807) is 13.8 Å². The van der Waals surface area contributed by atoms with Gasteiger partial charge in [-0.05, 0) is 125 Å². The smallest absolute Gasteiger partial charge is 0.334 e. The van der Waals surface area contributed by atoms with Crippen molar-refractivity contribution in [2.45, 2.75) is 133 Å². The highest BCUT2D eigenvalue weighted by Gasteiger charge is 2.35. The summed E-state index contributed by atoms with van der Waals surface area (Å²) in [5.41, 5.74) is 11.8. The lowest BCUT2D eigenvalue weighted by Crippen LogP contribution is -2.32. The van der Waals surface area contributed by atoms with E-state index in [0.717, 1.165) is 70.3 Å². The van der Waals surface area contributed by atoms with Crippen LogP contribution in [0.1, 0.15) is 109 Å². The number of cyclic esters (lactones) is 1. The molecule has 2 rings (SSSR count). The van der Waals surface area contributed by atoms with Gasteiger partial charge in [-0.25, -0.2) is 4.79 Å². The van der Waals surface area contributed by atoms with Gasteiger partial charge >= 0.3 is 21.2 Å². The van der Waals surface area contributed by atoms with Crippen molar-refractivity contribution in [3.8, 4) is 0 Å². The van der Waals surface area contributed by atoms with Gasteiger partial charge < -0.3 is 37.8 Å². The van der Waals surface area contributed by atoms with Crippen LogP contribution in [-0.4, -0.2) is 80.4 Å². The van der Waals surface area contributed by atoms with E-state index in [-0.39, 0.29) is 26.4 Å². The largest absolute Gasteiger partial charge is 0.484 e. The molecule has 72 heavy (non-hydrogen) atoms. The third-order valence-corrected chi connectivity index (χ3v) is 14.2. The molecule has 2 heterocycles. The molecule has 2 aliphatic heterocycles. The van der Waals surface area contributed by atoms with Crippen molar-refractivity contribution >= 4 is 21.2 Å². The summed E-state index contributed by atoms with van der Waals surface area (Å²) in [6.07, 6.45) is 37.2. The Kier molecular flexibility index (Phi) is 28.6. The maximum Gasteiger partial charge on any atom is 0.334 e. The molecule has 0 bridgehead atoms. The molecule has 0 aromatic heterocycles. The number of allylic oxidation sites excluding steroid dienone is 25. The molecule has 0 aromatic carbocycles. The van der Waals surface area contributed by atoms with Gasteiger partial charge in [0.25, 0.3) is 0 Å². The molecule has 6 atom stereocenters. The fraction of sp³-hybridized carbons (Fsp3) is 0.441.